The van der Waals surface area contributed by atoms with E-state index in [1.54, 1.807) is 18.3 Å². The maximum absolute atomic E-state index is 11.6. The number of rotatable bonds is 11. The number of amides is 1. The number of hydrogen-bond donors (Lipinski definition) is 6. The lowest BCUT2D eigenvalue weighted by molar-refractivity contribution is 0.175. The van der Waals surface area contributed by atoms with Crippen molar-refractivity contribution >= 4 is 17.0 Å². The second-order valence-corrected chi connectivity index (χ2v) is 9.74. The van der Waals surface area contributed by atoms with E-state index < -0.39 is 18.2 Å². The Balaban J connectivity index is 1.16. The Hall–Kier alpha value is -5.19. The van der Waals surface area contributed by atoms with E-state index in [9.17, 15) is 24.9 Å². The number of pyridine rings is 2. The van der Waals surface area contributed by atoms with Crippen LogP contribution in [0, 0.1) is 0 Å². The highest BCUT2D eigenvalue weighted by Gasteiger charge is 2.17. The summed E-state index contributed by atoms with van der Waals surface area (Å²) in [4.78, 5) is 30.1. The number of aliphatic hydroxyl groups excluding tert-OH is 1. The van der Waals surface area contributed by atoms with Crippen LogP contribution in [0.2, 0.25) is 0 Å². The third-order valence-electron chi connectivity index (χ3n) is 6.79. The minimum absolute atomic E-state index is 0.0563. The number of phenols is 1. The average Bonchev–Trinajstić information content (AvgIpc) is 3.00. The second kappa shape index (κ2) is 13.0. The summed E-state index contributed by atoms with van der Waals surface area (Å²) in [5, 5.41) is 36.5. The van der Waals surface area contributed by atoms with Crippen molar-refractivity contribution in [2.45, 2.75) is 25.3 Å². The number of aliphatic hydroxyl groups is 1. The van der Waals surface area contributed by atoms with Gasteiger partial charge in [-0.15, -0.1) is 0 Å². The Morgan fingerprint density at radius 3 is 2.52 bits per heavy atom. The molecule has 0 spiro atoms. The highest BCUT2D eigenvalue weighted by Crippen LogP contribution is 2.29. The van der Waals surface area contributed by atoms with Gasteiger partial charge in [-0.05, 0) is 47.0 Å². The number of benzene rings is 3. The summed E-state index contributed by atoms with van der Waals surface area (Å²) in [5.41, 5.74) is 3.77. The van der Waals surface area contributed by atoms with Crippen LogP contribution >= 0.6 is 0 Å². The number of ether oxygens (including phenoxy) is 1. The molecule has 0 bridgehead atoms. The van der Waals surface area contributed by atoms with Crippen LogP contribution in [-0.2, 0) is 13.2 Å². The predicted octanol–water partition coefficient (Wildman–Crippen LogP) is 4.39. The van der Waals surface area contributed by atoms with Crippen molar-refractivity contribution in [2.24, 2.45) is 0 Å². The molecule has 2 aromatic heterocycles. The molecule has 5 rings (SSSR count). The van der Waals surface area contributed by atoms with Crippen LogP contribution in [0.15, 0.2) is 102 Å². The lowest BCUT2D eigenvalue weighted by atomic mass is 9.98. The standard InChI is InChI=1S/C32H30N4O6/c37-27-13-11-25(26-12-14-29(39)35-31(26)27)28(38)18-33-17-23-10-9-20(16-34-23)19-42-24-8-4-7-22(15-24)30(36-32(40)41)21-5-2-1-3-6-21/h1-16,28,30,33,36-38H,17-19H2,(H,35,39)(H,40,41). The third kappa shape index (κ3) is 6.92. The second-order valence-electron chi connectivity index (χ2n) is 9.74. The number of fused-ring (bicyclic) bond motifs is 1. The van der Waals surface area contributed by atoms with Crippen molar-refractivity contribution in [1.29, 1.82) is 0 Å². The van der Waals surface area contributed by atoms with Gasteiger partial charge >= 0.3 is 6.09 Å². The molecule has 0 saturated heterocycles. The maximum Gasteiger partial charge on any atom is 0.405 e. The predicted molar refractivity (Wildman–Crippen MR) is 157 cm³/mol. The minimum Gasteiger partial charge on any atom is -0.506 e. The van der Waals surface area contributed by atoms with Gasteiger partial charge in [-0.2, -0.15) is 0 Å². The fourth-order valence-electron chi connectivity index (χ4n) is 4.72. The Labute approximate surface area is 241 Å². The summed E-state index contributed by atoms with van der Waals surface area (Å²) < 4.78 is 5.97. The summed E-state index contributed by atoms with van der Waals surface area (Å²) >= 11 is 0. The monoisotopic (exact) mass is 566 g/mol. The van der Waals surface area contributed by atoms with Gasteiger partial charge in [0.15, 0.2) is 0 Å². The molecule has 0 saturated carbocycles. The smallest absolute Gasteiger partial charge is 0.405 e. The van der Waals surface area contributed by atoms with Crippen molar-refractivity contribution in [1.82, 2.24) is 20.6 Å². The van der Waals surface area contributed by atoms with Gasteiger partial charge < -0.3 is 35.7 Å². The first kappa shape index (κ1) is 28.3. The van der Waals surface area contributed by atoms with E-state index in [0.717, 1.165) is 22.4 Å². The molecular weight excluding hydrogens is 536 g/mol. The number of H-pyrrole nitrogens is 1. The molecule has 2 heterocycles. The summed E-state index contributed by atoms with van der Waals surface area (Å²) in [6.45, 7) is 0.939. The molecule has 5 aromatic rings. The van der Waals surface area contributed by atoms with Crippen LogP contribution in [0.25, 0.3) is 10.9 Å². The van der Waals surface area contributed by atoms with E-state index in [4.69, 9.17) is 4.74 Å². The van der Waals surface area contributed by atoms with Crippen LogP contribution in [0.5, 0.6) is 11.5 Å². The van der Waals surface area contributed by atoms with Gasteiger partial charge in [0.05, 0.1) is 23.4 Å². The van der Waals surface area contributed by atoms with Crippen molar-refractivity contribution in [3.05, 3.63) is 135 Å². The van der Waals surface area contributed by atoms with E-state index in [1.807, 2.05) is 66.7 Å². The van der Waals surface area contributed by atoms with Crippen LogP contribution in [-0.4, -0.2) is 37.9 Å². The topological polar surface area (TPSA) is 157 Å². The highest BCUT2D eigenvalue weighted by atomic mass is 16.5. The molecule has 0 aliphatic heterocycles. The average molecular weight is 567 g/mol. The normalized spacial score (nSPS) is 12.5. The molecule has 3 aromatic carbocycles. The number of aromatic amines is 1. The van der Waals surface area contributed by atoms with Crippen molar-refractivity contribution < 1.29 is 24.9 Å². The zero-order chi connectivity index (χ0) is 29.5. The Morgan fingerprint density at radius 1 is 0.952 bits per heavy atom. The van der Waals surface area contributed by atoms with Crippen molar-refractivity contribution in [3.8, 4) is 11.5 Å². The van der Waals surface area contributed by atoms with Crippen molar-refractivity contribution in [3.63, 3.8) is 0 Å². The molecule has 0 fully saturated rings. The number of hydrogen-bond acceptors (Lipinski definition) is 7. The molecule has 1 amide bonds. The highest BCUT2D eigenvalue weighted by molar-refractivity contribution is 5.87. The molecule has 2 atom stereocenters. The number of nitrogens with zero attached hydrogens (tertiary/aromatic N) is 1. The number of carbonyl (C=O) groups is 1. The fourth-order valence-corrected chi connectivity index (χ4v) is 4.72. The molecule has 10 heteroatoms. The first-order valence-corrected chi connectivity index (χ1v) is 13.3. The van der Waals surface area contributed by atoms with E-state index in [2.05, 4.69) is 20.6 Å². The quantitative estimate of drug-likeness (QED) is 0.137. The SMILES string of the molecule is O=C(O)NC(c1ccccc1)c1cccc(OCc2ccc(CNCC(O)c3ccc(O)c4[nH]c(=O)ccc34)nc2)c1. The third-order valence-corrected chi connectivity index (χ3v) is 6.79. The summed E-state index contributed by atoms with van der Waals surface area (Å²) in [6, 6.07) is 25.9. The molecule has 6 N–H and O–H groups in total. The van der Waals surface area contributed by atoms with Gasteiger partial charge in [0.1, 0.15) is 18.1 Å². The summed E-state index contributed by atoms with van der Waals surface area (Å²) in [7, 11) is 0. The number of phenolic OH excluding ortho intramolecular Hbond substituents is 1. The van der Waals surface area contributed by atoms with Gasteiger partial charge in [-0.25, -0.2) is 4.79 Å². The molecule has 0 radical (unpaired) electrons. The number of carboxylic acid groups (broad SMARTS) is 1. The summed E-state index contributed by atoms with van der Waals surface area (Å²) in [6.07, 6.45) is -0.258. The fraction of sp³-hybridized carbons (Fsp3) is 0.156. The molecule has 10 nitrogen and oxygen atoms in total. The lowest BCUT2D eigenvalue weighted by Crippen LogP contribution is -2.27. The molecule has 0 aliphatic rings. The van der Waals surface area contributed by atoms with Crippen LogP contribution < -0.4 is 20.9 Å². The van der Waals surface area contributed by atoms with Gasteiger partial charge in [0.2, 0.25) is 5.56 Å². The van der Waals surface area contributed by atoms with Crippen molar-refractivity contribution in [2.75, 3.05) is 6.54 Å². The van der Waals surface area contributed by atoms with E-state index in [-0.39, 0.29) is 30.0 Å². The molecule has 214 valence electrons. The molecule has 42 heavy (non-hydrogen) atoms. The Bertz CT molecular complexity index is 1720. The van der Waals surface area contributed by atoms with E-state index in [1.165, 1.54) is 12.1 Å². The number of aromatic hydroxyl groups is 1. The zero-order valence-corrected chi connectivity index (χ0v) is 22.5. The molecular formula is C32H30N4O6. The molecule has 0 aliphatic carbocycles. The van der Waals surface area contributed by atoms with E-state index in [0.29, 0.717) is 23.2 Å². The Kier molecular flexibility index (Phi) is 8.76. The minimum atomic E-state index is -1.11. The Morgan fingerprint density at radius 2 is 1.76 bits per heavy atom. The number of nitrogens with one attached hydrogen (secondary N) is 3. The first-order chi connectivity index (χ1) is 20.4. The zero-order valence-electron chi connectivity index (χ0n) is 22.5. The van der Waals surface area contributed by atoms with Gasteiger partial charge in [0, 0.05) is 36.3 Å². The first-order valence-electron chi connectivity index (χ1n) is 13.3. The van der Waals surface area contributed by atoms with Crippen LogP contribution in [0.4, 0.5) is 4.79 Å². The largest absolute Gasteiger partial charge is 0.506 e. The van der Waals surface area contributed by atoms with Crippen LogP contribution in [0.3, 0.4) is 0 Å². The van der Waals surface area contributed by atoms with Gasteiger partial charge in [0.25, 0.3) is 0 Å². The maximum atomic E-state index is 11.6. The van der Waals surface area contributed by atoms with Crippen LogP contribution in [0.1, 0.15) is 40.1 Å². The van der Waals surface area contributed by atoms with Gasteiger partial charge in [-0.1, -0.05) is 54.6 Å². The lowest BCUT2D eigenvalue weighted by Gasteiger charge is -2.19. The van der Waals surface area contributed by atoms with E-state index >= 15 is 0 Å². The number of aromatic nitrogens is 2. The van der Waals surface area contributed by atoms with Gasteiger partial charge in [-0.3, -0.25) is 9.78 Å². The molecule has 2 unspecified atom stereocenters. The summed E-state index contributed by atoms with van der Waals surface area (Å²) in [5.74, 6) is 0.547.